The summed E-state index contributed by atoms with van der Waals surface area (Å²) in [7, 11) is 0. The molecule has 2 rings (SSSR count). The predicted molar refractivity (Wildman–Crippen MR) is 83.7 cm³/mol. The first-order chi connectivity index (χ1) is 9.15. The summed E-state index contributed by atoms with van der Waals surface area (Å²) in [4.78, 5) is 4.66. The van der Waals surface area contributed by atoms with Crippen LogP contribution in [-0.2, 0) is 6.42 Å². The maximum atomic E-state index is 4.66. The van der Waals surface area contributed by atoms with E-state index in [0.29, 0.717) is 0 Å². The SMILES string of the molecule is Cc1nc(CC(CNCC(C)C)C2CCCC2)cs1. The van der Waals surface area contributed by atoms with E-state index in [2.05, 4.69) is 36.5 Å². The van der Waals surface area contributed by atoms with Gasteiger partial charge in [-0.25, -0.2) is 4.98 Å². The molecule has 1 unspecified atom stereocenters. The Balaban J connectivity index is 1.89. The molecule has 0 bridgehead atoms. The molecule has 1 aliphatic carbocycles. The van der Waals surface area contributed by atoms with Gasteiger partial charge in [-0.1, -0.05) is 39.5 Å². The van der Waals surface area contributed by atoms with Crippen molar-refractivity contribution < 1.29 is 0 Å². The van der Waals surface area contributed by atoms with E-state index in [0.717, 1.165) is 24.3 Å². The molecular formula is C16H28N2S. The number of nitrogens with zero attached hydrogens (tertiary/aromatic N) is 1. The first-order valence-corrected chi connectivity index (χ1v) is 8.65. The molecule has 1 aliphatic rings. The normalized spacial score (nSPS) is 18.3. The number of rotatable bonds is 7. The highest BCUT2D eigenvalue weighted by Gasteiger charge is 2.25. The summed E-state index contributed by atoms with van der Waals surface area (Å²) in [5.74, 6) is 2.44. The van der Waals surface area contributed by atoms with Gasteiger partial charge in [-0.3, -0.25) is 0 Å². The number of aromatic nitrogens is 1. The van der Waals surface area contributed by atoms with E-state index in [1.165, 1.54) is 49.4 Å². The molecule has 0 aromatic carbocycles. The highest BCUT2D eigenvalue weighted by molar-refractivity contribution is 7.09. The van der Waals surface area contributed by atoms with E-state index < -0.39 is 0 Å². The first-order valence-electron chi connectivity index (χ1n) is 7.77. The second kappa shape index (κ2) is 7.39. The highest BCUT2D eigenvalue weighted by atomic mass is 32.1. The maximum absolute atomic E-state index is 4.66. The van der Waals surface area contributed by atoms with E-state index in [1.807, 2.05) is 0 Å². The molecule has 108 valence electrons. The molecule has 1 aromatic rings. The minimum absolute atomic E-state index is 0.741. The molecule has 1 fully saturated rings. The number of hydrogen-bond donors (Lipinski definition) is 1. The van der Waals surface area contributed by atoms with Crippen LogP contribution in [-0.4, -0.2) is 18.1 Å². The van der Waals surface area contributed by atoms with Crippen LogP contribution in [0.1, 0.15) is 50.2 Å². The molecule has 1 N–H and O–H groups in total. The van der Waals surface area contributed by atoms with Crippen LogP contribution in [0.3, 0.4) is 0 Å². The fraction of sp³-hybridized carbons (Fsp3) is 0.812. The molecule has 3 heteroatoms. The lowest BCUT2D eigenvalue weighted by atomic mass is 9.87. The zero-order valence-electron chi connectivity index (χ0n) is 12.6. The number of aryl methyl sites for hydroxylation is 1. The van der Waals surface area contributed by atoms with Crippen LogP contribution in [0.25, 0.3) is 0 Å². The van der Waals surface area contributed by atoms with E-state index in [-0.39, 0.29) is 0 Å². The van der Waals surface area contributed by atoms with Gasteiger partial charge in [0.25, 0.3) is 0 Å². The zero-order valence-corrected chi connectivity index (χ0v) is 13.4. The Morgan fingerprint density at radius 1 is 1.32 bits per heavy atom. The quantitative estimate of drug-likeness (QED) is 0.815. The molecular weight excluding hydrogens is 252 g/mol. The molecule has 1 atom stereocenters. The summed E-state index contributed by atoms with van der Waals surface area (Å²) >= 11 is 1.79. The Bertz CT molecular complexity index is 367. The van der Waals surface area contributed by atoms with E-state index in [9.17, 15) is 0 Å². The lowest BCUT2D eigenvalue weighted by Gasteiger charge is -2.23. The monoisotopic (exact) mass is 280 g/mol. The van der Waals surface area contributed by atoms with Gasteiger partial charge in [0.2, 0.25) is 0 Å². The van der Waals surface area contributed by atoms with Crippen LogP contribution in [0, 0.1) is 24.7 Å². The standard InChI is InChI=1S/C16H28N2S/c1-12(2)9-17-10-15(14-6-4-5-7-14)8-16-11-19-13(3)18-16/h11-12,14-15,17H,4-10H2,1-3H3. The van der Waals surface area contributed by atoms with E-state index >= 15 is 0 Å². The Hall–Kier alpha value is -0.410. The van der Waals surface area contributed by atoms with Gasteiger partial charge in [-0.2, -0.15) is 0 Å². The van der Waals surface area contributed by atoms with Crippen LogP contribution < -0.4 is 5.32 Å². The molecule has 2 nitrogen and oxygen atoms in total. The number of hydrogen-bond acceptors (Lipinski definition) is 3. The third-order valence-electron chi connectivity index (χ3n) is 4.16. The first kappa shape index (κ1) is 15.0. The molecule has 1 aromatic heterocycles. The molecule has 19 heavy (non-hydrogen) atoms. The van der Waals surface area contributed by atoms with Gasteiger partial charge < -0.3 is 5.32 Å². The highest BCUT2D eigenvalue weighted by Crippen LogP contribution is 2.33. The second-order valence-corrected chi connectivity index (χ2v) is 7.48. The Morgan fingerprint density at radius 3 is 2.63 bits per heavy atom. The Labute approximate surface area is 122 Å². The van der Waals surface area contributed by atoms with Crippen LogP contribution >= 0.6 is 11.3 Å². The minimum atomic E-state index is 0.741. The van der Waals surface area contributed by atoms with Crippen molar-refractivity contribution in [1.29, 1.82) is 0 Å². The number of thiazole rings is 1. The van der Waals surface area contributed by atoms with Crippen LogP contribution in [0.2, 0.25) is 0 Å². The topological polar surface area (TPSA) is 24.9 Å². The molecule has 1 saturated carbocycles. The molecule has 0 amide bonds. The number of nitrogens with one attached hydrogen (secondary N) is 1. The summed E-state index contributed by atoms with van der Waals surface area (Å²) in [6.45, 7) is 8.97. The Kier molecular flexibility index (Phi) is 5.83. The van der Waals surface area contributed by atoms with Crippen molar-refractivity contribution in [3.63, 3.8) is 0 Å². The summed E-state index contributed by atoms with van der Waals surface area (Å²) < 4.78 is 0. The maximum Gasteiger partial charge on any atom is 0.0897 e. The van der Waals surface area contributed by atoms with Gasteiger partial charge in [0.05, 0.1) is 10.7 Å². The second-order valence-electron chi connectivity index (χ2n) is 6.42. The van der Waals surface area contributed by atoms with Crippen molar-refractivity contribution in [1.82, 2.24) is 10.3 Å². The van der Waals surface area contributed by atoms with Crippen molar-refractivity contribution in [2.24, 2.45) is 17.8 Å². The summed E-state index contributed by atoms with van der Waals surface area (Å²) in [6, 6.07) is 0. The fourth-order valence-electron chi connectivity index (χ4n) is 3.16. The molecule has 1 heterocycles. The third kappa shape index (κ3) is 4.88. The molecule has 0 radical (unpaired) electrons. The van der Waals surface area contributed by atoms with Crippen molar-refractivity contribution in [2.75, 3.05) is 13.1 Å². The van der Waals surface area contributed by atoms with Gasteiger partial charge in [0, 0.05) is 5.38 Å². The third-order valence-corrected chi connectivity index (χ3v) is 4.99. The molecule has 0 spiro atoms. The smallest absolute Gasteiger partial charge is 0.0897 e. The largest absolute Gasteiger partial charge is 0.316 e. The van der Waals surface area contributed by atoms with Gasteiger partial charge in [-0.05, 0) is 44.2 Å². The summed E-state index contributed by atoms with van der Waals surface area (Å²) in [5, 5.41) is 7.12. The van der Waals surface area contributed by atoms with Crippen molar-refractivity contribution in [3.8, 4) is 0 Å². The van der Waals surface area contributed by atoms with Crippen LogP contribution in [0.15, 0.2) is 5.38 Å². The Morgan fingerprint density at radius 2 is 2.05 bits per heavy atom. The van der Waals surface area contributed by atoms with Gasteiger partial charge in [0.1, 0.15) is 0 Å². The van der Waals surface area contributed by atoms with Crippen molar-refractivity contribution >= 4 is 11.3 Å². The molecule has 0 aliphatic heterocycles. The lowest BCUT2D eigenvalue weighted by molar-refractivity contribution is 0.314. The van der Waals surface area contributed by atoms with Crippen LogP contribution in [0.4, 0.5) is 0 Å². The van der Waals surface area contributed by atoms with Crippen molar-refractivity contribution in [2.45, 2.75) is 52.9 Å². The average Bonchev–Trinajstić information content (AvgIpc) is 2.98. The zero-order chi connectivity index (χ0) is 13.7. The molecule has 0 saturated heterocycles. The minimum Gasteiger partial charge on any atom is -0.316 e. The van der Waals surface area contributed by atoms with E-state index in [1.54, 1.807) is 11.3 Å². The lowest BCUT2D eigenvalue weighted by Crippen LogP contribution is -2.31. The van der Waals surface area contributed by atoms with Crippen molar-refractivity contribution in [3.05, 3.63) is 16.1 Å². The van der Waals surface area contributed by atoms with E-state index in [4.69, 9.17) is 0 Å². The van der Waals surface area contributed by atoms with Gasteiger partial charge >= 0.3 is 0 Å². The summed E-state index contributed by atoms with van der Waals surface area (Å²) in [5.41, 5.74) is 1.31. The fourth-order valence-corrected chi connectivity index (χ4v) is 3.79. The average molecular weight is 280 g/mol. The van der Waals surface area contributed by atoms with Gasteiger partial charge in [0.15, 0.2) is 0 Å². The predicted octanol–water partition coefficient (Wildman–Crippen LogP) is 4.05. The summed E-state index contributed by atoms with van der Waals surface area (Å²) in [6.07, 6.45) is 6.89. The van der Waals surface area contributed by atoms with Crippen LogP contribution in [0.5, 0.6) is 0 Å². The van der Waals surface area contributed by atoms with Gasteiger partial charge in [-0.15, -0.1) is 11.3 Å².